The summed E-state index contributed by atoms with van der Waals surface area (Å²) in [7, 11) is 2.77. The first-order valence-corrected chi connectivity index (χ1v) is 9.89. The van der Waals surface area contributed by atoms with Crippen LogP contribution in [-0.4, -0.2) is 43.2 Å². The Hall–Kier alpha value is -3.46. The highest BCUT2D eigenvalue weighted by Crippen LogP contribution is 2.21. The van der Waals surface area contributed by atoms with Crippen LogP contribution in [0.15, 0.2) is 47.5 Å². The molecule has 0 saturated carbocycles. The molecule has 2 aromatic carbocycles. The van der Waals surface area contributed by atoms with Gasteiger partial charge < -0.3 is 18.8 Å². The summed E-state index contributed by atoms with van der Waals surface area (Å²) >= 11 is 1.18. The summed E-state index contributed by atoms with van der Waals surface area (Å²) in [5.74, 6) is -1.05. The monoisotopic (exact) mass is 428 g/mol. The lowest BCUT2D eigenvalue weighted by Crippen LogP contribution is -2.23. The molecular formula is C21H20N2O6S. The SMILES string of the molecule is CCOC(=O)Cn1c(=NC(=O)c2ccccc2OC)sc2cc(C(=O)OC)ccc21. The maximum Gasteiger partial charge on any atom is 0.337 e. The van der Waals surface area contributed by atoms with Crippen LogP contribution in [0.2, 0.25) is 0 Å². The lowest BCUT2D eigenvalue weighted by molar-refractivity contribution is -0.143. The van der Waals surface area contributed by atoms with Crippen molar-refractivity contribution >= 4 is 39.4 Å². The molecule has 0 bridgehead atoms. The molecule has 0 aliphatic heterocycles. The maximum absolute atomic E-state index is 12.8. The molecule has 1 aromatic heterocycles. The number of thiazole rings is 1. The first-order valence-electron chi connectivity index (χ1n) is 9.07. The highest BCUT2D eigenvalue weighted by molar-refractivity contribution is 7.16. The predicted molar refractivity (Wildman–Crippen MR) is 111 cm³/mol. The highest BCUT2D eigenvalue weighted by Gasteiger charge is 2.16. The number of ether oxygens (including phenoxy) is 3. The van der Waals surface area contributed by atoms with Gasteiger partial charge in [0.25, 0.3) is 5.91 Å². The summed E-state index contributed by atoms with van der Waals surface area (Å²) in [5.41, 5.74) is 1.31. The molecule has 0 saturated heterocycles. The van der Waals surface area contributed by atoms with E-state index in [1.54, 1.807) is 54.0 Å². The van der Waals surface area contributed by atoms with E-state index in [-0.39, 0.29) is 13.2 Å². The number of fused-ring (bicyclic) bond motifs is 1. The van der Waals surface area contributed by atoms with Gasteiger partial charge in [-0.3, -0.25) is 9.59 Å². The van der Waals surface area contributed by atoms with Gasteiger partial charge in [0, 0.05) is 0 Å². The van der Waals surface area contributed by atoms with Gasteiger partial charge in [0.1, 0.15) is 12.3 Å². The Morgan fingerprint density at radius 3 is 2.57 bits per heavy atom. The van der Waals surface area contributed by atoms with Gasteiger partial charge in [-0.1, -0.05) is 23.5 Å². The van der Waals surface area contributed by atoms with E-state index in [4.69, 9.17) is 14.2 Å². The number of hydrogen-bond donors (Lipinski definition) is 0. The van der Waals surface area contributed by atoms with Crippen LogP contribution in [-0.2, 0) is 20.8 Å². The number of hydrogen-bond acceptors (Lipinski definition) is 7. The molecule has 0 aliphatic rings. The second kappa shape index (κ2) is 9.36. The number of carbonyl (C=O) groups excluding carboxylic acids is 3. The molecule has 3 rings (SSSR count). The minimum absolute atomic E-state index is 0.122. The maximum atomic E-state index is 12.8. The number of nitrogens with zero attached hydrogens (tertiary/aromatic N) is 2. The molecule has 0 fully saturated rings. The van der Waals surface area contributed by atoms with Crippen LogP contribution in [0.5, 0.6) is 5.75 Å². The van der Waals surface area contributed by atoms with Crippen molar-refractivity contribution in [3.8, 4) is 5.75 Å². The van der Waals surface area contributed by atoms with E-state index in [0.717, 1.165) is 0 Å². The zero-order valence-electron chi connectivity index (χ0n) is 16.7. The van der Waals surface area contributed by atoms with Gasteiger partial charge in [0.2, 0.25) is 0 Å². The summed E-state index contributed by atoms with van der Waals surface area (Å²) in [5, 5.41) is 0. The number of esters is 2. The minimum Gasteiger partial charge on any atom is -0.496 e. The van der Waals surface area contributed by atoms with Gasteiger partial charge in [0.15, 0.2) is 4.80 Å². The smallest absolute Gasteiger partial charge is 0.337 e. The van der Waals surface area contributed by atoms with Crippen LogP contribution in [0.3, 0.4) is 0 Å². The van der Waals surface area contributed by atoms with Gasteiger partial charge in [0.05, 0.1) is 42.2 Å². The van der Waals surface area contributed by atoms with E-state index in [2.05, 4.69) is 4.99 Å². The number of para-hydroxylation sites is 1. The van der Waals surface area contributed by atoms with E-state index >= 15 is 0 Å². The number of carbonyl (C=O) groups is 3. The molecule has 8 nitrogen and oxygen atoms in total. The quantitative estimate of drug-likeness (QED) is 0.560. The van der Waals surface area contributed by atoms with Gasteiger partial charge in [-0.2, -0.15) is 4.99 Å². The molecule has 3 aromatic rings. The molecule has 30 heavy (non-hydrogen) atoms. The van der Waals surface area contributed by atoms with Crippen molar-refractivity contribution in [3.05, 3.63) is 58.4 Å². The average molecular weight is 428 g/mol. The molecule has 0 atom stereocenters. The number of aromatic nitrogens is 1. The van der Waals surface area contributed by atoms with Crippen LogP contribution in [0, 0.1) is 0 Å². The van der Waals surface area contributed by atoms with Crippen molar-refractivity contribution in [1.82, 2.24) is 4.57 Å². The minimum atomic E-state index is -0.509. The zero-order valence-corrected chi connectivity index (χ0v) is 17.5. The molecule has 0 spiro atoms. The largest absolute Gasteiger partial charge is 0.496 e. The van der Waals surface area contributed by atoms with Crippen LogP contribution in [0.25, 0.3) is 10.2 Å². The van der Waals surface area contributed by atoms with Crippen LogP contribution in [0.4, 0.5) is 0 Å². The number of methoxy groups -OCH3 is 2. The second-order valence-corrected chi connectivity index (χ2v) is 7.08. The highest BCUT2D eigenvalue weighted by atomic mass is 32.1. The Bertz CT molecular complexity index is 1180. The predicted octanol–water partition coefficient (Wildman–Crippen LogP) is 2.80. The lowest BCUT2D eigenvalue weighted by Gasteiger charge is -2.06. The molecule has 0 radical (unpaired) electrons. The van der Waals surface area contributed by atoms with Crippen molar-refractivity contribution in [3.63, 3.8) is 0 Å². The number of amides is 1. The Morgan fingerprint density at radius 1 is 1.10 bits per heavy atom. The van der Waals surface area contributed by atoms with E-state index in [1.165, 1.54) is 25.6 Å². The van der Waals surface area contributed by atoms with Crippen molar-refractivity contribution < 1.29 is 28.6 Å². The van der Waals surface area contributed by atoms with Crippen LogP contribution >= 0.6 is 11.3 Å². The van der Waals surface area contributed by atoms with Gasteiger partial charge in [-0.05, 0) is 37.3 Å². The Labute approximate surface area is 176 Å². The molecule has 0 aliphatic carbocycles. The molecule has 9 heteroatoms. The second-order valence-electron chi connectivity index (χ2n) is 6.07. The summed E-state index contributed by atoms with van der Waals surface area (Å²) in [6.07, 6.45) is 0. The van der Waals surface area contributed by atoms with Crippen molar-refractivity contribution in [1.29, 1.82) is 0 Å². The first-order chi connectivity index (χ1) is 14.5. The van der Waals surface area contributed by atoms with E-state index in [0.29, 0.717) is 31.9 Å². The fourth-order valence-electron chi connectivity index (χ4n) is 2.86. The third-order valence-electron chi connectivity index (χ3n) is 4.23. The third kappa shape index (κ3) is 4.41. The van der Waals surface area contributed by atoms with Gasteiger partial charge >= 0.3 is 11.9 Å². The molecule has 156 valence electrons. The summed E-state index contributed by atoms with van der Waals surface area (Å²) in [4.78, 5) is 41.3. The van der Waals surface area contributed by atoms with Crippen LogP contribution < -0.4 is 9.54 Å². The van der Waals surface area contributed by atoms with Crippen LogP contribution in [0.1, 0.15) is 27.6 Å². The molecular weight excluding hydrogens is 408 g/mol. The normalized spacial score (nSPS) is 11.4. The number of rotatable bonds is 6. The Morgan fingerprint density at radius 2 is 1.87 bits per heavy atom. The molecule has 1 heterocycles. The fraction of sp³-hybridized carbons (Fsp3) is 0.238. The third-order valence-corrected chi connectivity index (χ3v) is 5.27. The van der Waals surface area contributed by atoms with Gasteiger partial charge in [-0.25, -0.2) is 4.79 Å². The standard InChI is InChI=1S/C21H20N2O6S/c1-4-29-18(24)12-23-15-10-9-13(20(26)28-3)11-17(15)30-21(23)22-19(25)14-7-5-6-8-16(14)27-2/h5-11H,4,12H2,1-3H3. The Kier molecular flexibility index (Phi) is 6.63. The van der Waals surface area contributed by atoms with E-state index in [9.17, 15) is 14.4 Å². The molecule has 0 N–H and O–H groups in total. The average Bonchev–Trinajstić information content (AvgIpc) is 3.09. The summed E-state index contributed by atoms with van der Waals surface area (Å²) in [6.45, 7) is 1.83. The van der Waals surface area contributed by atoms with Crippen molar-refractivity contribution in [2.24, 2.45) is 4.99 Å². The topological polar surface area (TPSA) is 96.2 Å². The van der Waals surface area contributed by atoms with E-state index < -0.39 is 17.8 Å². The van der Waals surface area contributed by atoms with Crippen molar-refractivity contribution in [2.75, 3.05) is 20.8 Å². The molecule has 0 unspecified atom stereocenters. The fourth-order valence-corrected chi connectivity index (χ4v) is 3.93. The summed E-state index contributed by atoms with van der Waals surface area (Å²) in [6, 6.07) is 11.7. The number of benzene rings is 2. The Balaban J connectivity index is 2.15. The van der Waals surface area contributed by atoms with Gasteiger partial charge in [-0.15, -0.1) is 0 Å². The molecule has 1 amide bonds. The lowest BCUT2D eigenvalue weighted by atomic mass is 10.2. The first kappa shape index (κ1) is 21.3. The van der Waals surface area contributed by atoms with E-state index in [1.807, 2.05) is 0 Å². The zero-order chi connectivity index (χ0) is 21.7. The van der Waals surface area contributed by atoms with Crippen molar-refractivity contribution in [2.45, 2.75) is 13.5 Å². The summed E-state index contributed by atoms with van der Waals surface area (Å²) < 4.78 is 17.3.